The number of rotatable bonds is 4. The highest BCUT2D eigenvalue weighted by Gasteiger charge is 2.29. The number of fused-ring (bicyclic) bond motifs is 1. The van der Waals surface area contributed by atoms with Gasteiger partial charge in [0.15, 0.2) is 5.82 Å². The van der Waals surface area contributed by atoms with Crippen LogP contribution in [-0.2, 0) is 0 Å². The minimum absolute atomic E-state index is 0.371. The van der Waals surface area contributed by atoms with E-state index >= 15 is 0 Å². The van der Waals surface area contributed by atoms with Crippen LogP contribution in [0.4, 0.5) is 25.8 Å². The maximum atomic E-state index is 14.1. The van der Waals surface area contributed by atoms with Gasteiger partial charge in [-0.3, -0.25) is 8.61 Å². The van der Waals surface area contributed by atoms with Crippen LogP contribution in [0, 0.1) is 11.6 Å². The first kappa shape index (κ1) is 14.7. The predicted molar refractivity (Wildman–Crippen MR) is 88.3 cm³/mol. The van der Waals surface area contributed by atoms with Gasteiger partial charge in [-0.05, 0) is 30.7 Å². The lowest BCUT2D eigenvalue weighted by atomic mass is 10.2. The van der Waals surface area contributed by atoms with E-state index in [1.54, 1.807) is 4.31 Å². The third-order valence-corrected chi connectivity index (χ3v) is 4.87. The Morgan fingerprint density at radius 3 is 2.48 bits per heavy atom. The maximum absolute atomic E-state index is 14.1. The summed E-state index contributed by atoms with van der Waals surface area (Å²) in [5.74, 6) is -1.12. The molecule has 0 bridgehead atoms. The number of hydrogen-bond acceptors (Lipinski definition) is 3. The fourth-order valence-corrected chi connectivity index (χ4v) is 3.60. The van der Waals surface area contributed by atoms with E-state index in [-0.39, 0.29) is 0 Å². The fraction of sp³-hybridized carbons (Fsp3) is 0.200. The van der Waals surface area contributed by atoms with Crippen molar-refractivity contribution in [3.8, 4) is 0 Å². The smallest absolute Gasteiger partial charge is 0.150 e. The molecule has 6 heteroatoms. The first-order valence-electron chi connectivity index (χ1n) is 6.56. The molecule has 0 atom stereocenters. The number of hydrogen-bond donors (Lipinski definition) is 0. The third-order valence-electron chi connectivity index (χ3n) is 3.17. The summed E-state index contributed by atoms with van der Waals surface area (Å²) in [4.78, 5) is 0. The lowest BCUT2D eigenvalue weighted by Gasteiger charge is -2.19. The van der Waals surface area contributed by atoms with E-state index in [0.29, 0.717) is 5.69 Å². The lowest BCUT2D eigenvalue weighted by Crippen LogP contribution is -2.15. The van der Waals surface area contributed by atoms with E-state index in [1.165, 1.54) is 24.3 Å². The highest BCUT2D eigenvalue weighted by atomic mass is 79.9. The van der Waals surface area contributed by atoms with Gasteiger partial charge in [0, 0.05) is 17.9 Å². The zero-order chi connectivity index (χ0) is 14.8. The standard InChI is InChI=1S/C15H13BrF2N2S/c16-8-3-9-19-14-4-1-2-5-15(14)20(21-19)13-7-6-11(17)10-12(13)18/h1-2,4-7,10H,3,8-9H2. The van der Waals surface area contributed by atoms with Crippen molar-refractivity contribution in [3.05, 3.63) is 54.1 Å². The first-order valence-corrected chi connectivity index (χ1v) is 8.41. The molecule has 0 aliphatic carbocycles. The van der Waals surface area contributed by atoms with E-state index in [1.807, 2.05) is 24.3 Å². The Labute approximate surface area is 135 Å². The number of alkyl halides is 1. The topological polar surface area (TPSA) is 6.48 Å². The van der Waals surface area contributed by atoms with Crippen LogP contribution in [0.3, 0.4) is 0 Å². The molecule has 2 nitrogen and oxygen atoms in total. The molecule has 0 saturated carbocycles. The van der Waals surface area contributed by atoms with Gasteiger partial charge in [-0.1, -0.05) is 28.1 Å². The van der Waals surface area contributed by atoms with Crippen LogP contribution < -0.4 is 8.61 Å². The summed E-state index contributed by atoms with van der Waals surface area (Å²) >= 11 is 4.86. The maximum Gasteiger partial charge on any atom is 0.150 e. The molecule has 2 aromatic carbocycles. The van der Waals surface area contributed by atoms with Crippen LogP contribution in [0.25, 0.3) is 0 Å². The predicted octanol–water partition coefficient (Wildman–Crippen LogP) is 5.27. The first-order chi connectivity index (χ1) is 10.2. The number of nitrogens with zero attached hydrogens (tertiary/aromatic N) is 2. The summed E-state index contributed by atoms with van der Waals surface area (Å²) in [6, 6.07) is 11.5. The molecule has 0 amide bonds. The molecule has 0 saturated heterocycles. The van der Waals surface area contributed by atoms with Crippen molar-refractivity contribution in [1.29, 1.82) is 0 Å². The van der Waals surface area contributed by atoms with Crippen molar-refractivity contribution >= 4 is 45.1 Å². The minimum Gasteiger partial charge on any atom is -0.296 e. The summed E-state index contributed by atoms with van der Waals surface area (Å²) < 4.78 is 31.1. The molecule has 1 heterocycles. The molecule has 0 N–H and O–H groups in total. The molecule has 21 heavy (non-hydrogen) atoms. The summed E-state index contributed by atoms with van der Waals surface area (Å²) in [7, 11) is 0. The highest BCUT2D eigenvalue weighted by Crippen LogP contribution is 2.49. The molecule has 110 valence electrons. The van der Waals surface area contributed by atoms with Gasteiger partial charge in [0.25, 0.3) is 0 Å². The van der Waals surface area contributed by atoms with E-state index in [0.717, 1.165) is 35.7 Å². The van der Waals surface area contributed by atoms with Gasteiger partial charge in [-0.15, -0.1) is 0 Å². The monoisotopic (exact) mass is 370 g/mol. The fourth-order valence-electron chi connectivity index (χ4n) is 2.22. The van der Waals surface area contributed by atoms with Crippen molar-refractivity contribution in [1.82, 2.24) is 0 Å². The summed E-state index contributed by atoms with van der Waals surface area (Å²) in [5.41, 5.74) is 2.34. The van der Waals surface area contributed by atoms with Crippen LogP contribution in [0.15, 0.2) is 42.5 Å². The molecule has 3 rings (SSSR count). The summed E-state index contributed by atoms with van der Waals surface area (Å²) in [5, 5.41) is 0.914. The highest BCUT2D eigenvalue weighted by molar-refractivity contribution is 9.09. The molecule has 1 aliphatic rings. The van der Waals surface area contributed by atoms with Gasteiger partial charge < -0.3 is 0 Å². The quantitative estimate of drug-likeness (QED) is 0.534. The van der Waals surface area contributed by atoms with Gasteiger partial charge in [0.2, 0.25) is 0 Å². The molecular weight excluding hydrogens is 358 g/mol. The second-order valence-electron chi connectivity index (χ2n) is 4.61. The molecule has 0 unspecified atom stereocenters. The number of para-hydroxylation sites is 2. The molecule has 2 aromatic rings. The van der Waals surface area contributed by atoms with Gasteiger partial charge >= 0.3 is 0 Å². The van der Waals surface area contributed by atoms with Crippen molar-refractivity contribution in [2.75, 3.05) is 20.5 Å². The van der Waals surface area contributed by atoms with Gasteiger partial charge in [0.05, 0.1) is 29.2 Å². The van der Waals surface area contributed by atoms with Gasteiger partial charge in [0.1, 0.15) is 5.82 Å². The van der Waals surface area contributed by atoms with Gasteiger partial charge in [-0.25, -0.2) is 8.78 Å². The van der Waals surface area contributed by atoms with Crippen molar-refractivity contribution < 1.29 is 8.78 Å². The average Bonchev–Trinajstić information content (AvgIpc) is 2.84. The molecule has 0 aromatic heterocycles. The van der Waals surface area contributed by atoms with Crippen LogP contribution >= 0.6 is 28.1 Å². The molecule has 0 radical (unpaired) electrons. The second kappa shape index (κ2) is 6.23. The Morgan fingerprint density at radius 1 is 1.00 bits per heavy atom. The van der Waals surface area contributed by atoms with E-state index in [2.05, 4.69) is 20.2 Å². The summed E-state index contributed by atoms with van der Waals surface area (Å²) in [6.07, 6.45) is 0.987. The van der Waals surface area contributed by atoms with E-state index in [9.17, 15) is 8.78 Å². The van der Waals surface area contributed by atoms with Crippen molar-refractivity contribution in [2.24, 2.45) is 0 Å². The molecule has 0 spiro atoms. The van der Waals surface area contributed by atoms with Crippen molar-refractivity contribution in [2.45, 2.75) is 6.42 Å². The third kappa shape index (κ3) is 2.87. The Bertz CT molecular complexity index is 653. The Hall–Kier alpha value is -1.27. The van der Waals surface area contributed by atoms with Crippen molar-refractivity contribution in [3.63, 3.8) is 0 Å². The average molecular weight is 371 g/mol. The number of halogens is 3. The number of benzene rings is 2. The normalized spacial score (nSPS) is 13.7. The second-order valence-corrected chi connectivity index (χ2v) is 6.37. The zero-order valence-corrected chi connectivity index (χ0v) is 13.5. The summed E-state index contributed by atoms with van der Waals surface area (Å²) in [6.45, 7) is 0.853. The molecular formula is C15H13BrF2N2S. The SMILES string of the molecule is Fc1ccc(N2SN(CCCBr)c3ccccc32)c(F)c1. The Morgan fingerprint density at radius 2 is 1.76 bits per heavy atom. The van der Waals surface area contributed by atoms with Crippen LogP contribution in [0.5, 0.6) is 0 Å². The Balaban J connectivity index is 1.97. The lowest BCUT2D eigenvalue weighted by molar-refractivity contribution is 0.585. The minimum atomic E-state index is -0.565. The number of anilines is 3. The van der Waals surface area contributed by atoms with Crippen LogP contribution in [0.2, 0.25) is 0 Å². The molecule has 0 fully saturated rings. The molecule has 1 aliphatic heterocycles. The van der Waals surface area contributed by atoms with Gasteiger partial charge in [-0.2, -0.15) is 0 Å². The van der Waals surface area contributed by atoms with E-state index < -0.39 is 11.6 Å². The van der Waals surface area contributed by atoms with Crippen LogP contribution in [-0.4, -0.2) is 11.9 Å². The Kier molecular flexibility index (Phi) is 4.35. The largest absolute Gasteiger partial charge is 0.296 e. The zero-order valence-electron chi connectivity index (χ0n) is 11.1. The van der Waals surface area contributed by atoms with E-state index in [4.69, 9.17) is 0 Å². The van der Waals surface area contributed by atoms with Crippen LogP contribution in [0.1, 0.15) is 6.42 Å².